The number of rotatable bonds is 4. The third-order valence-corrected chi connectivity index (χ3v) is 4.39. The molecule has 2 aromatic rings. The second-order valence-corrected chi connectivity index (χ2v) is 7.58. The lowest BCUT2D eigenvalue weighted by molar-refractivity contribution is 0.00993. The number of nitrogens with zero attached hydrogens (tertiary/aromatic N) is 6. The van der Waals surface area contributed by atoms with E-state index in [1.165, 1.54) is 0 Å². The van der Waals surface area contributed by atoms with Gasteiger partial charge in [-0.25, -0.2) is 4.79 Å². The van der Waals surface area contributed by atoms with Gasteiger partial charge in [-0.3, -0.25) is 4.90 Å². The number of aromatic nitrogens is 4. The molecule has 0 aliphatic carbocycles. The summed E-state index contributed by atoms with van der Waals surface area (Å²) in [6.45, 7) is 4.43. The van der Waals surface area contributed by atoms with Crippen LogP contribution in [0.3, 0.4) is 0 Å². The van der Waals surface area contributed by atoms with Crippen LogP contribution in [0, 0.1) is 0 Å². The van der Waals surface area contributed by atoms with Crippen LogP contribution >= 0.6 is 0 Å². The number of carbonyl (C=O) groups is 1. The quantitative estimate of drug-likeness (QED) is 0.794. The molecule has 1 aliphatic heterocycles. The summed E-state index contributed by atoms with van der Waals surface area (Å²) in [6, 6.07) is 8.72. The highest BCUT2D eigenvalue weighted by Crippen LogP contribution is 2.29. The number of carbonyl (C=O) groups excluding carboxylic acids is 1. The highest BCUT2D eigenvalue weighted by Gasteiger charge is 2.34. The molecule has 28 heavy (non-hydrogen) atoms. The van der Waals surface area contributed by atoms with Crippen molar-refractivity contribution in [3.63, 3.8) is 0 Å². The maximum Gasteiger partial charge on any atom is 0.410 e. The van der Waals surface area contributed by atoms with Crippen LogP contribution in [0.5, 0.6) is 0 Å². The predicted octanol–water partition coefficient (Wildman–Crippen LogP) is 2.71. The maximum atomic E-state index is 13.4. The Morgan fingerprint density at radius 2 is 1.75 bits per heavy atom. The third kappa shape index (κ3) is 4.61. The van der Waals surface area contributed by atoms with Crippen LogP contribution in [-0.2, 0) is 4.74 Å². The lowest BCUT2D eigenvalue weighted by Crippen LogP contribution is -2.51. The van der Waals surface area contributed by atoms with E-state index < -0.39 is 18.2 Å². The number of ether oxygens (including phenoxy) is 1. The van der Waals surface area contributed by atoms with Gasteiger partial charge in [0.05, 0.1) is 6.04 Å². The Hall–Kier alpha value is -2.62. The number of halogens is 2. The van der Waals surface area contributed by atoms with E-state index in [0.29, 0.717) is 30.9 Å². The molecular weight excluding hydrogens is 370 g/mol. The van der Waals surface area contributed by atoms with Gasteiger partial charge in [-0.2, -0.15) is 13.5 Å². The highest BCUT2D eigenvalue weighted by molar-refractivity contribution is 5.68. The monoisotopic (exact) mass is 394 g/mol. The van der Waals surface area contributed by atoms with Gasteiger partial charge >= 0.3 is 12.6 Å². The standard InChI is InChI=1S/C18H24F2N6O2/c1-18(2,3)28-17(27)25-11-9-24(10-12-25)14(13-7-5-4-6-8-13)15-21-22-23-26(15)16(19)20/h4-8,14,16H,9-12H2,1-3H3. The molecule has 2 heterocycles. The molecule has 1 aromatic carbocycles. The van der Waals surface area contributed by atoms with E-state index >= 15 is 0 Å². The average Bonchev–Trinajstić information content (AvgIpc) is 3.12. The molecule has 10 heteroatoms. The van der Waals surface area contributed by atoms with Crippen molar-refractivity contribution in [2.24, 2.45) is 0 Å². The van der Waals surface area contributed by atoms with Crippen LogP contribution < -0.4 is 0 Å². The van der Waals surface area contributed by atoms with Crippen LogP contribution in [0.2, 0.25) is 0 Å². The minimum absolute atomic E-state index is 0.0759. The minimum atomic E-state index is -2.83. The Morgan fingerprint density at radius 1 is 1.11 bits per heavy atom. The Bertz CT molecular complexity index is 785. The van der Waals surface area contributed by atoms with Crippen molar-refractivity contribution in [3.8, 4) is 0 Å². The van der Waals surface area contributed by atoms with Gasteiger partial charge in [-0.1, -0.05) is 30.3 Å². The topological polar surface area (TPSA) is 76.4 Å². The molecule has 152 valence electrons. The Balaban J connectivity index is 1.80. The van der Waals surface area contributed by atoms with Crippen molar-refractivity contribution in [2.75, 3.05) is 26.2 Å². The number of tetrazole rings is 1. The molecule has 1 aromatic heterocycles. The Morgan fingerprint density at radius 3 is 2.32 bits per heavy atom. The molecule has 1 fully saturated rings. The molecule has 0 bridgehead atoms. The van der Waals surface area contributed by atoms with Crippen molar-refractivity contribution in [1.29, 1.82) is 0 Å². The van der Waals surface area contributed by atoms with Crippen molar-refractivity contribution in [2.45, 2.75) is 39.0 Å². The van der Waals surface area contributed by atoms with E-state index in [9.17, 15) is 13.6 Å². The molecule has 0 saturated carbocycles. The van der Waals surface area contributed by atoms with Crippen LogP contribution in [0.1, 0.15) is 44.8 Å². The molecule has 1 amide bonds. The molecule has 1 unspecified atom stereocenters. The smallest absolute Gasteiger partial charge is 0.410 e. The summed E-state index contributed by atoms with van der Waals surface area (Å²) in [5.41, 5.74) is 0.241. The molecule has 3 rings (SSSR count). The molecule has 8 nitrogen and oxygen atoms in total. The summed E-state index contributed by atoms with van der Waals surface area (Å²) in [5.74, 6) is 0.0759. The fourth-order valence-corrected chi connectivity index (χ4v) is 3.17. The summed E-state index contributed by atoms with van der Waals surface area (Å²) < 4.78 is 32.7. The second kappa shape index (κ2) is 8.17. The van der Waals surface area contributed by atoms with E-state index in [4.69, 9.17) is 4.74 Å². The minimum Gasteiger partial charge on any atom is -0.444 e. The largest absolute Gasteiger partial charge is 0.444 e. The van der Waals surface area contributed by atoms with Gasteiger partial charge in [-0.05, 0) is 36.8 Å². The average molecular weight is 394 g/mol. The zero-order chi connectivity index (χ0) is 20.3. The normalized spacial score (nSPS) is 17.0. The van der Waals surface area contributed by atoms with Gasteiger partial charge in [0.15, 0.2) is 5.82 Å². The van der Waals surface area contributed by atoms with Crippen LogP contribution in [0.25, 0.3) is 0 Å². The fourth-order valence-electron chi connectivity index (χ4n) is 3.17. The van der Waals surface area contributed by atoms with Gasteiger partial charge in [0, 0.05) is 26.2 Å². The second-order valence-electron chi connectivity index (χ2n) is 7.58. The summed E-state index contributed by atoms with van der Waals surface area (Å²) >= 11 is 0. The predicted molar refractivity (Wildman–Crippen MR) is 96.7 cm³/mol. The van der Waals surface area contributed by atoms with E-state index in [0.717, 1.165) is 5.56 Å². The number of hydrogen-bond donors (Lipinski definition) is 0. The lowest BCUT2D eigenvalue weighted by Gasteiger charge is -2.39. The summed E-state index contributed by atoms with van der Waals surface area (Å²) in [6.07, 6.45) is -0.374. The van der Waals surface area contributed by atoms with Crippen molar-refractivity contribution >= 4 is 6.09 Å². The number of hydrogen-bond acceptors (Lipinski definition) is 6. The van der Waals surface area contributed by atoms with Gasteiger partial charge in [0.2, 0.25) is 0 Å². The maximum absolute atomic E-state index is 13.4. The van der Waals surface area contributed by atoms with E-state index in [2.05, 4.69) is 15.5 Å². The third-order valence-electron chi connectivity index (χ3n) is 4.39. The molecule has 1 aliphatic rings. The zero-order valence-corrected chi connectivity index (χ0v) is 16.1. The van der Waals surface area contributed by atoms with Gasteiger partial charge < -0.3 is 9.64 Å². The number of amides is 1. The van der Waals surface area contributed by atoms with Crippen LogP contribution in [0.15, 0.2) is 30.3 Å². The molecule has 0 radical (unpaired) electrons. The Kier molecular flexibility index (Phi) is 5.87. The molecular formula is C18H24F2N6O2. The Labute approximate surface area is 162 Å². The van der Waals surface area contributed by atoms with Gasteiger partial charge in [-0.15, -0.1) is 5.10 Å². The van der Waals surface area contributed by atoms with Crippen LogP contribution in [-0.4, -0.2) is 67.9 Å². The molecule has 0 spiro atoms. The summed E-state index contributed by atoms with van der Waals surface area (Å²) in [4.78, 5) is 15.9. The first-order chi connectivity index (χ1) is 13.3. The first-order valence-corrected chi connectivity index (χ1v) is 9.09. The van der Waals surface area contributed by atoms with E-state index in [1.807, 2.05) is 56.0 Å². The molecule has 1 saturated heterocycles. The van der Waals surface area contributed by atoms with Crippen molar-refractivity contribution in [3.05, 3.63) is 41.7 Å². The van der Waals surface area contributed by atoms with E-state index in [-0.39, 0.29) is 11.9 Å². The lowest BCUT2D eigenvalue weighted by atomic mass is 10.0. The first kappa shape index (κ1) is 20.1. The van der Waals surface area contributed by atoms with Gasteiger partial charge in [0.25, 0.3) is 0 Å². The zero-order valence-electron chi connectivity index (χ0n) is 16.1. The van der Waals surface area contributed by atoms with Crippen molar-refractivity contribution < 1.29 is 18.3 Å². The number of benzene rings is 1. The molecule has 0 N–H and O–H groups in total. The van der Waals surface area contributed by atoms with Crippen LogP contribution in [0.4, 0.5) is 13.6 Å². The number of piperazine rings is 1. The fraction of sp³-hybridized carbons (Fsp3) is 0.556. The SMILES string of the molecule is CC(C)(C)OC(=O)N1CCN(C(c2ccccc2)c2nnnn2C(F)F)CC1. The summed E-state index contributed by atoms with van der Waals surface area (Å²) in [7, 11) is 0. The number of alkyl halides is 2. The van der Waals surface area contributed by atoms with E-state index in [1.54, 1.807) is 4.90 Å². The first-order valence-electron chi connectivity index (χ1n) is 9.09. The van der Waals surface area contributed by atoms with Crippen molar-refractivity contribution in [1.82, 2.24) is 30.0 Å². The summed E-state index contributed by atoms with van der Waals surface area (Å²) in [5, 5.41) is 10.7. The molecule has 1 atom stereocenters. The highest BCUT2D eigenvalue weighted by atomic mass is 19.3. The van der Waals surface area contributed by atoms with Gasteiger partial charge in [0.1, 0.15) is 5.60 Å².